The number of benzene rings is 3. The minimum absolute atomic E-state index is 0.00626. The van der Waals surface area contributed by atoms with Crippen molar-refractivity contribution in [2.45, 2.75) is 23.8 Å². The minimum Gasteiger partial charge on any atom is -0.486 e. The molecule has 1 aliphatic heterocycles. The summed E-state index contributed by atoms with van der Waals surface area (Å²) < 4.78 is 39.4. The summed E-state index contributed by atoms with van der Waals surface area (Å²) in [4.78, 5) is 15.0. The Morgan fingerprint density at radius 1 is 0.970 bits per heavy atom. The number of carbonyl (C=O) groups is 1. The van der Waals surface area contributed by atoms with Crippen molar-refractivity contribution in [3.63, 3.8) is 0 Å². The van der Waals surface area contributed by atoms with E-state index in [9.17, 15) is 13.2 Å². The lowest BCUT2D eigenvalue weighted by Crippen LogP contribution is -2.30. The molecule has 3 aromatic rings. The van der Waals surface area contributed by atoms with Crippen LogP contribution in [0.1, 0.15) is 33.9 Å². The molecule has 0 bridgehead atoms. The van der Waals surface area contributed by atoms with E-state index in [-0.39, 0.29) is 16.8 Å². The van der Waals surface area contributed by atoms with Gasteiger partial charge in [-0.2, -0.15) is 0 Å². The zero-order valence-corrected chi connectivity index (χ0v) is 19.0. The maximum absolute atomic E-state index is 13.2. The standard InChI is InChI=1S/C25H24N2O5S/c1-27(22-11-9-17-5-2-3-8-21(17)22)25(28)18-6-4-7-19(15-18)26-33(29,30)20-10-12-23-24(16-20)32-14-13-31-23/h2-8,10,12,15-16,22,26H,9,11,13-14H2,1H3. The van der Waals surface area contributed by atoms with E-state index in [1.54, 1.807) is 42.3 Å². The largest absolute Gasteiger partial charge is 0.486 e. The van der Waals surface area contributed by atoms with Gasteiger partial charge in [-0.1, -0.05) is 30.3 Å². The molecular formula is C25H24N2O5S. The Morgan fingerprint density at radius 2 is 1.76 bits per heavy atom. The molecule has 5 rings (SSSR count). The van der Waals surface area contributed by atoms with Crippen LogP contribution in [0.4, 0.5) is 5.69 Å². The Hall–Kier alpha value is -3.52. The molecular weight excluding hydrogens is 440 g/mol. The zero-order chi connectivity index (χ0) is 23.0. The molecule has 1 heterocycles. The third-order valence-electron chi connectivity index (χ3n) is 6.07. The van der Waals surface area contributed by atoms with Gasteiger partial charge in [-0.25, -0.2) is 8.42 Å². The number of ether oxygens (including phenoxy) is 2. The second kappa shape index (κ2) is 8.44. The molecule has 0 spiro atoms. The molecule has 1 unspecified atom stereocenters. The lowest BCUT2D eigenvalue weighted by molar-refractivity contribution is 0.0730. The summed E-state index contributed by atoms with van der Waals surface area (Å²) in [5.74, 6) is 0.757. The Morgan fingerprint density at radius 3 is 2.61 bits per heavy atom. The van der Waals surface area contributed by atoms with E-state index < -0.39 is 10.0 Å². The number of carbonyl (C=O) groups excluding carboxylic acids is 1. The van der Waals surface area contributed by atoms with Gasteiger partial charge >= 0.3 is 0 Å². The van der Waals surface area contributed by atoms with Gasteiger partial charge in [-0.15, -0.1) is 0 Å². The number of aryl methyl sites for hydroxylation is 1. The Kier molecular flexibility index (Phi) is 5.46. The third-order valence-corrected chi connectivity index (χ3v) is 7.45. The number of nitrogens with zero attached hydrogens (tertiary/aromatic N) is 1. The molecule has 0 saturated heterocycles. The second-order valence-corrected chi connectivity index (χ2v) is 9.84. The van der Waals surface area contributed by atoms with Gasteiger partial charge in [0.25, 0.3) is 15.9 Å². The first-order valence-corrected chi connectivity index (χ1v) is 12.3. The van der Waals surface area contributed by atoms with E-state index in [0.29, 0.717) is 36.0 Å². The molecule has 8 heteroatoms. The fourth-order valence-electron chi connectivity index (χ4n) is 4.40. The topological polar surface area (TPSA) is 84.9 Å². The average molecular weight is 465 g/mol. The number of hydrogen-bond donors (Lipinski definition) is 1. The van der Waals surface area contributed by atoms with Crippen molar-refractivity contribution in [2.24, 2.45) is 0 Å². The van der Waals surface area contributed by atoms with Crippen LogP contribution in [0.2, 0.25) is 0 Å². The summed E-state index contributed by atoms with van der Waals surface area (Å²) in [6, 6.07) is 19.2. The summed E-state index contributed by atoms with van der Waals surface area (Å²) in [6.07, 6.45) is 1.81. The molecule has 1 aliphatic carbocycles. The second-order valence-electron chi connectivity index (χ2n) is 8.16. The number of nitrogens with one attached hydrogen (secondary N) is 1. The first-order valence-electron chi connectivity index (χ1n) is 10.8. The fraction of sp³-hybridized carbons (Fsp3) is 0.240. The maximum atomic E-state index is 13.2. The predicted molar refractivity (Wildman–Crippen MR) is 124 cm³/mol. The Labute approximate surface area is 193 Å². The van der Waals surface area contributed by atoms with Crippen molar-refractivity contribution in [1.82, 2.24) is 4.90 Å². The van der Waals surface area contributed by atoms with Gasteiger partial charge in [0, 0.05) is 24.4 Å². The summed E-state index contributed by atoms with van der Waals surface area (Å²) in [5, 5.41) is 0. The molecule has 7 nitrogen and oxygen atoms in total. The Bertz CT molecular complexity index is 1320. The lowest BCUT2D eigenvalue weighted by Gasteiger charge is -2.26. The van der Waals surface area contributed by atoms with Crippen LogP contribution in [-0.2, 0) is 16.4 Å². The van der Waals surface area contributed by atoms with Crippen molar-refractivity contribution in [1.29, 1.82) is 0 Å². The molecule has 3 aromatic carbocycles. The van der Waals surface area contributed by atoms with Crippen molar-refractivity contribution in [3.05, 3.63) is 83.4 Å². The van der Waals surface area contributed by atoms with Crippen LogP contribution in [0, 0.1) is 0 Å². The van der Waals surface area contributed by atoms with Gasteiger partial charge in [-0.3, -0.25) is 9.52 Å². The number of rotatable bonds is 5. The SMILES string of the molecule is CN(C(=O)c1cccc(NS(=O)(=O)c2ccc3c(c2)OCCO3)c1)C1CCc2ccccc21. The van der Waals surface area contributed by atoms with Gasteiger partial charge < -0.3 is 14.4 Å². The predicted octanol–water partition coefficient (Wildman–Crippen LogP) is 4.02. The van der Waals surface area contributed by atoms with Gasteiger partial charge in [-0.05, 0) is 54.3 Å². The van der Waals surface area contributed by atoms with Crippen LogP contribution in [-0.4, -0.2) is 39.5 Å². The molecule has 0 radical (unpaired) electrons. The molecule has 1 N–H and O–H groups in total. The quantitative estimate of drug-likeness (QED) is 0.617. The van der Waals surface area contributed by atoms with E-state index in [1.807, 2.05) is 12.1 Å². The minimum atomic E-state index is -3.88. The first kappa shape index (κ1) is 21.3. The van der Waals surface area contributed by atoms with Crippen LogP contribution in [0.3, 0.4) is 0 Å². The number of anilines is 1. The van der Waals surface area contributed by atoms with Gasteiger partial charge in [0.15, 0.2) is 11.5 Å². The number of sulfonamides is 1. The molecule has 33 heavy (non-hydrogen) atoms. The summed E-state index contributed by atoms with van der Waals surface area (Å²) in [6.45, 7) is 0.798. The van der Waals surface area contributed by atoms with Crippen LogP contribution >= 0.6 is 0 Å². The molecule has 170 valence electrons. The monoisotopic (exact) mass is 464 g/mol. The molecule has 0 aromatic heterocycles. The molecule has 1 atom stereocenters. The number of hydrogen-bond acceptors (Lipinski definition) is 5. The molecule has 0 fully saturated rings. The van der Waals surface area contributed by atoms with Crippen molar-refractivity contribution in [2.75, 3.05) is 25.0 Å². The normalized spacial score (nSPS) is 16.7. The summed E-state index contributed by atoms with van der Waals surface area (Å²) >= 11 is 0. The van der Waals surface area contributed by atoms with E-state index in [1.165, 1.54) is 23.3 Å². The highest BCUT2D eigenvalue weighted by Crippen LogP contribution is 2.36. The van der Waals surface area contributed by atoms with Crippen molar-refractivity contribution in [3.8, 4) is 11.5 Å². The van der Waals surface area contributed by atoms with Gasteiger partial charge in [0.05, 0.1) is 10.9 Å². The maximum Gasteiger partial charge on any atom is 0.262 e. The highest BCUT2D eigenvalue weighted by atomic mass is 32.2. The van der Waals surface area contributed by atoms with Crippen LogP contribution in [0.15, 0.2) is 71.6 Å². The summed E-state index contributed by atoms with van der Waals surface area (Å²) in [7, 11) is -2.08. The van der Waals surface area contributed by atoms with E-state index >= 15 is 0 Å². The smallest absolute Gasteiger partial charge is 0.262 e. The zero-order valence-electron chi connectivity index (χ0n) is 18.2. The van der Waals surface area contributed by atoms with Crippen molar-refractivity contribution < 1.29 is 22.7 Å². The molecule has 2 aliphatic rings. The summed E-state index contributed by atoms with van der Waals surface area (Å²) in [5.41, 5.74) is 3.17. The lowest BCUT2D eigenvalue weighted by atomic mass is 10.1. The number of fused-ring (bicyclic) bond motifs is 2. The van der Waals surface area contributed by atoms with Gasteiger partial charge in [0.1, 0.15) is 13.2 Å². The first-order chi connectivity index (χ1) is 15.9. The molecule has 0 saturated carbocycles. The van der Waals surface area contributed by atoms with Crippen LogP contribution < -0.4 is 14.2 Å². The van der Waals surface area contributed by atoms with E-state index in [0.717, 1.165) is 12.8 Å². The van der Waals surface area contributed by atoms with Gasteiger partial charge in [0.2, 0.25) is 0 Å². The van der Waals surface area contributed by atoms with E-state index in [2.05, 4.69) is 16.9 Å². The van der Waals surface area contributed by atoms with Crippen LogP contribution in [0.25, 0.3) is 0 Å². The Balaban J connectivity index is 1.35. The highest BCUT2D eigenvalue weighted by molar-refractivity contribution is 7.92. The average Bonchev–Trinajstić information content (AvgIpc) is 3.27. The number of amides is 1. The van der Waals surface area contributed by atoms with E-state index in [4.69, 9.17) is 9.47 Å². The molecule has 1 amide bonds. The van der Waals surface area contributed by atoms with Crippen molar-refractivity contribution >= 4 is 21.6 Å². The highest BCUT2D eigenvalue weighted by Gasteiger charge is 2.29. The fourth-order valence-corrected chi connectivity index (χ4v) is 5.47. The van der Waals surface area contributed by atoms with Crippen LogP contribution in [0.5, 0.6) is 11.5 Å². The third kappa shape index (κ3) is 4.14.